The lowest BCUT2D eigenvalue weighted by molar-refractivity contribution is 0.0652. The maximum absolute atomic E-state index is 12.4. The fourth-order valence-corrected chi connectivity index (χ4v) is 4.43. The van der Waals surface area contributed by atoms with Gasteiger partial charge in [0.15, 0.2) is 5.13 Å². The summed E-state index contributed by atoms with van der Waals surface area (Å²) < 4.78 is 0. The highest BCUT2D eigenvalue weighted by molar-refractivity contribution is 7.15. The molecule has 1 aromatic heterocycles. The number of aryl methyl sites for hydroxylation is 3. The lowest BCUT2D eigenvalue weighted by Gasteiger charge is -2.13. The Morgan fingerprint density at radius 2 is 1.63 bits per heavy atom. The van der Waals surface area contributed by atoms with E-state index in [4.69, 9.17) is 0 Å². The molecule has 1 N–H and O–H groups in total. The Kier molecular flexibility index (Phi) is 5.46. The summed E-state index contributed by atoms with van der Waals surface area (Å²) in [6.45, 7) is 4.23. The first kappa shape index (κ1) is 20.0. The molecule has 2 aromatic carbocycles. The first-order valence-electron chi connectivity index (χ1n) is 9.73. The number of imide groups is 1. The summed E-state index contributed by atoms with van der Waals surface area (Å²) in [6.07, 6.45) is 1.32. The van der Waals surface area contributed by atoms with Gasteiger partial charge in [0.25, 0.3) is 17.7 Å². The maximum Gasteiger partial charge on any atom is 0.261 e. The molecule has 152 valence electrons. The van der Waals surface area contributed by atoms with Crippen molar-refractivity contribution < 1.29 is 14.4 Å². The van der Waals surface area contributed by atoms with Crippen molar-refractivity contribution >= 4 is 34.2 Å². The molecule has 0 atom stereocenters. The van der Waals surface area contributed by atoms with Gasteiger partial charge < -0.3 is 0 Å². The van der Waals surface area contributed by atoms with Gasteiger partial charge in [0.1, 0.15) is 0 Å². The maximum atomic E-state index is 12.4. The Bertz CT molecular complexity index is 1100. The van der Waals surface area contributed by atoms with Crippen LogP contribution in [0, 0.1) is 13.8 Å². The zero-order valence-corrected chi connectivity index (χ0v) is 17.6. The van der Waals surface area contributed by atoms with Crippen LogP contribution in [0.4, 0.5) is 5.13 Å². The molecule has 3 aromatic rings. The second-order valence-electron chi connectivity index (χ2n) is 7.26. The summed E-state index contributed by atoms with van der Waals surface area (Å²) in [5.74, 6) is -0.660. The van der Waals surface area contributed by atoms with E-state index in [1.807, 2.05) is 26.0 Å². The molecule has 3 amide bonds. The second-order valence-corrected chi connectivity index (χ2v) is 8.34. The summed E-state index contributed by atoms with van der Waals surface area (Å²) in [6, 6.07) is 14.3. The van der Waals surface area contributed by atoms with Crippen LogP contribution in [-0.2, 0) is 6.42 Å². The van der Waals surface area contributed by atoms with E-state index in [0.29, 0.717) is 41.2 Å². The predicted octanol–water partition coefficient (Wildman–Crippen LogP) is 4.24. The fourth-order valence-electron chi connectivity index (χ4n) is 3.43. The van der Waals surface area contributed by atoms with Crippen molar-refractivity contribution in [2.24, 2.45) is 0 Å². The molecular formula is C23H21N3O3S. The lowest BCUT2D eigenvalue weighted by atomic mass is 10.1. The van der Waals surface area contributed by atoms with Gasteiger partial charge in [-0.1, -0.05) is 29.8 Å². The van der Waals surface area contributed by atoms with Gasteiger partial charge in [0, 0.05) is 17.0 Å². The number of nitrogens with one attached hydrogen (secondary N) is 1. The van der Waals surface area contributed by atoms with Crippen LogP contribution in [0.1, 0.15) is 53.6 Å². The second kappa shape index (κ2) is 8.20. The third kappa shape index (κ3) is 3.89. The van der Waals surface area contributed by atoms with E-state index < -0.39 is 0 Å². The average molecular weight is 420 g/mol. The molecule has 7 heteroatoms. The highest BCUT2D eigenvalue weighted by atomic mass is 32.1. The van der Waals surface area contributed by atoms with Crippen LogP contribution in [-0.4, -0.2) is 34.2 Å². The average Bonchev–Trinajstić information content (AvgIpc) is 3.20. The number of aromatic nitrogens is 1. The van der Waals surface area contributed by atoms with Gasteiger partial charge in [-0.3, -0.25) is 24.6 Å². The van der Waals surface area contributed by atoms with E-state index in [0.717, 1.165) is 16.1 Å². The van der Waals surface area contributed by atoms with Gasteiger partial charge in [-0.15, -0.1) is 11.3 Å². The van der Waals surface area contributed by atoms with E-state index in [2.05, 4.69) is 10.3 Å². The normalized spacial score (nSPS) is 12.9. The minimum atomic E-state index is -0.234. The topological polar surface area (TPSA) is 79.4 Å². The zero-order chi connectivity index (χ0) is 21.3. The Hall–Kier alpha value is -3.32. The molecule has 6 nitrogen and oxygen atoms in total. The molecule has 2 heterocycles. The number of anilines is 1. The Morgan fingerprint density at radius 1 is 1.00 bits per heavy atom. The number of carbonyl (C=O) groups is 3. The number of hydrogen-bond acceptors (Lipinski definition) is 5. The molecule has 1 aliphatic heterocycles. The van der Waals surface area contributed by atoms with E-state index in [9.17, 15) is 14.4 Å². The highest BCUT2D eigenvalue weighted by Crippen LogP contribution is 2.26. The van der Waals surface area contributed by atoms with Crippen LogP contribution in [0.3, 0.4) is 0 Å². The van der Waals surface area contributed by atoms with Gasteiger partial charge in [-0.05, 0) is 51.0 Å². The largest absolute Gasteiger partial charge is 0.298 e. The summed E-state index contributed by atoms with van der Waals surface area (Å²) >= 11 is 1.43. The number of benzene rings is 2. The standard InChI is InChI=1S/C23H21N3O3S/c1-14-9-11-16(12-10-14)20(27)25-23-24-15(2)19(30-23)8-5-13-26-21(28)17-6-3-4-7-18(17)22(26)29/h3-4,6-7,9-12H,5,8,13H2,1-2H3,(H,24,25,27). The monoisotopic (exact) mass is 419 g/mol. The van der Waals surface area contributed by atoms with Crippen molar-refractivity contribution in [3.05, 3.63) is 81.4 Å². The van der Waals surface area contributed by atoms with E-state index in [1.165, 1.54) is 16.2 Å². The third-order valence-electron chi connectivity index (χ3n) is 5.09. The summed E-state index contributed by atoms with van der Waals surface area (Å²) in [5.41, 5.74) is 3.47. The summed E-state index contributed by atoms with van der Waals surface area (Å²) in [5, 5.41) is 3.40. The third-order valence-corrected chi connectivity index (χ3v) is 6.22. The molecule has 0 saturated heterocycles. The Balaban J connectivity index is 1.36. The van der Waals surface area contributed by atoms with Gasteiger partial charge >= 0.3 is 0 Å². The molecule has 0 unspecified atom stereocenters. The van der Waals surface area contributed by atoms with Crippen LogP contribution in [0.15, 0.2) is 48.5 Å². The molecule has 30 heavy (non-hydrogen) atoms. The fraction of sp³-hybridized carbons (Fsp3) is 0.217. The lowest BCUT2D eigenvalue weighted by Crippen LogP contribution is -2.30. The van der Waals surface area contributed by atoms with Gasteiger partial charge in [-0.2, -0.15) is 0 Å². The van der Waals surface area contributed by atoms with Crippen LogP contribution in [0.5, 0.6) is 0 Å². The molecular weight excluding hydrogens is 398 g/mol. The zero-order valence-electron chi connectivity index (χ0n) is 16.8. The van der Waals surface area contributed by atoms with Gasteiger partial charge in [0.2, 0.25) is 0 Å². The first-order valence-corrected chi connectivity index (χ1v) is 10.6. The number of amides is 3. The number of hydrogen-bond donors (Lipinski definition) is 1. The number of nitrogens with zero attached hydrogens (tertiary/aromatic N) is 2. The molecule has 1 aliphatic rings. The molecule has 0 fully saturated rings. The van der Waals surface area contributed by atoms with E-state index in [1.54, 1.807) is 36.4 Å². The van der Waals surface area contributed by atoms with Crippen molar-refractivity contribution in [3.63, 3.8) is 0 Å². The SMILES string of the molecule is Cc1ccc(C(=O)Nc2nc(C)c(CCCN3C(=O)c4ccccc4C3=O)s2)cc1. The van der Waals surface area contributed by atoms with E-state index >= 15 is 0 Å². The minimum Gasteiger partial charge on any atom is -0.298 e. The summed E-state index contributed by atoms with van der Waals surface area (Å²) in [4.78, 5) is 44.1. The van der Waals surface area contributed by atoms with Crippen molar-refractivity contribution in [2.45, 2.75) is 26.7 Å². The van der Waals surface area contributed by atoms with Gasteiger partial charge in [-0.25, -0.2) is 4.98 Å². The smallest absolute Gasteiger partial charge is 0.261 e. The van der Waals surface area contributed by atoms with Crippen molar-refractivity contribution in [1.82, 2.24) is 9.88 Å². The van der Waals surface area contributed by atoms with Gasteiger partial charge in [0.05, 0.1) is 16.8 Å². The number of rotatable bonds is 6. The number of carbonyl (C=O) groups excluding carboxylic acids is 3. The molecule has 0 bridgehead atoms. The van der Waals surface area contributed by atoms with Crippen LogP contribution < -0.4 is 5.32 Å². The molecule has 0 aliphatic carbocycles. The minimum absolute atomic E-state index is 0.193. The van der Waals surface area contributed by atoms with Crippen molar-refractivity contribution in [1.29, 1.82) is 0 Å². The number of fused-ring (bicyclic) bond motifs is 1. The molecule has 0 spiro atoms. The number of thiazole rings is 1. The molecule has 0 radical (unpaired) electrons. The highest BCUT2D eigenvalue weighted by Gasteiger charge is 2.34. The van der Waals surface area contributed by atoms with Crippen LogP contribution in [0.2, 0.25) is 0 Å². The molecule has 0 saturated carbocycles. The quantitative estimate of drug-likeness (QED) is 0.606. The van der Waals surface area contributed by atoms with E-state index in [-0.39, 0.29) is 17.7 Å². The predicted molar refractivity (Wildman–Crippen MR) is 116 cm³/mol. The van der Waals surface area contributed by atoms with Crippen LogP contribution >= 0.6 is 11.3 Å². The van der Waals surface area contributed by atoms with Crippen molar-refractivity contribution in [2.75, 3.05) is 11.9 Å². The Morgan fingerprint density at radius 3 is 2.27 bits per heavy atom. The molecule has 4 rings (SSSR count). The van der Waals surface area contributed by atoms with Crippen molar-refractivity contribution in [3.8, 4) is 0 Å². The van der Waals surface area contributed by atoms with Crippen LogP contribution in [0.25, 0.3) is 0 Å². The first-order chi connectivity index (χ1) is 14.4. The Labute approximate surface area is 178 Å². The summed E-state index contributed by atoms with van der Waals surface area (Å²) in [7, 11) is 0.